The molecule has 314 valence electrons. The molecule has 0 N–H and O–H groups in total. The van der Waals surface area contributed by atoms with E-state index in [2.05, 4.69) is 19.9 Å². The monoisotopic (exact) mass is 802 g/mol. The second-order valence-corrected chi connectivity index (χ2v) is 14.1. The van der Waals surface area contributed by atoms with Crippen molar-refractivity contribution in [2.45, 2.75) is 112 Å². The van der Waals surface area contributed by atoms with Crippen LogP contribution in [0.5, 0.6) is 0 Å². The standard InChI is InChI=1S/C17H25NO2.C16H18N2O2.C14H13NO2.C2H6/c1-3-13(2)17(19)20-16(14-9-5-4-6-10-14)15-11-7-8-12-18-15;1-3-12(2)16(19)20-15(13-8-4-6-10-17-13)14-9-5-7-11-18-14;1-11(16)17-14(12-7-3-2-4-8-12)13-9-5-6-10-15-13;1-2/h7-8,11-14,16H,3-6,9-10H2,1-2H3;4-12,15H,3H2,1-2H3;2-10,14H,1H3;1-2H3. The minimum absolute atomic E-state index is 0.0372. The first kappa shape index (κ1) is 47.6. The van der Waals surface area contributed by atoms with E-state index in [1.807, 2.05) is 145 Å². The second kappa shape index (κ2) is 27.0. The SMILES string of the molecule is CC.CC(=O)OC(c1ccccc1)c1ccccn1.CCC(C)C(=O)OC(c1ccccn1)C1CCCCC1.CCC(C)C(=O)OC(c1ccccn1)c1ccccn1. The molecule has 0 bridgehead atoms. The molecule has 1 aromatic carbocycles. The van der Waals surface area contributed by atoms with Crippen molar-refractivity contribution in [3.8, 4) is 0 Å². The summed E-state index contributed by atoms with van der Waals surface area (Å²) in [7, 11) is 0. The summed E-state index contributed by atoms with van der Waals surface area (Å²) in [6.45, 7) is 13.2. The molecule has 59 heavy (non-hydrogen) atoms. The van der Waals surface area contributed by atoms with E-state index in [9.17, 15) is 14.4 Å². The molecular weight excluding hydrogens is 741 g/mol. The van der Waals surface area contributed by atoms with E-state index in [4.69, 9.17) is 14.2 Å². The van der Waals surface area contributed by atoms with Crippen molar-refractivity contribution in [3.05, 3.63) is 156 Å². The number of esters is 3. The van der Waals surface area contributed by atoms with Gasteiger partial charge in [0.15, 0.2) is 12.2 Å². The maximum Gasteiger partial charge on any atom is 0.309 e. The van der Waals surface area contributed by atoms with Crippen LogP contribution in [0.1, 0.15) is 140 Å². The summed E-state index contributed by atoms with van der Waals surface area (Å²) in [4.78, 5) is 52.6. The average molecular weight is 803 g/mol. The Morgan fingerprint density at radius 1 is 0.542 bits per heavy atom. The summed E-state index contributed by atoms with van der Waals surface area (Å²) in [6, 6.07) is 32.1. The summed E-state index contributed by atoms with van der Waals surface area (Å²) in [5.74, 6) is -0.381. The van der Waals surface area contributed by atoms with Crippen molar-refractivity contribution < 1.29 is 28.6 Å². The van der Waals surface area contributed by atoms with Crippen LogP contribution in [0.25, 0.3) is 0 Å². The molecule has 0 saturated heterocycles. The van der Waals surface area contributed by atoms with Gasteiger partial charge in [-0.25, -0.2) is 0 Å². The number of pyridine rings is 4. The fourth-order valence-electron chi connectivity index (χ4n) is 6.14. The maximum absolute atomic E-state index is 12.2. The summed E-state index contributed by atoms with van der Waals surface area (Å²) in [5.41, 5.74) is 3.91. The van der Waals surface area contributed by atoms with Crippen LogP contribution in [-0.4, -0.2) is 37.8 Å². The van der Waals surface area contributed by atoms with Crippen LogP contribution in [0.15, 0.2) is 128 Å². The number of carbonyl (C=O) groups is 3. The van der Waals surface area contributed by atoms with Crippen LogP contribution in [-0.2, 0) is 28.6 Å². The third kappa shape index (κ3) is 16.2. The van der Waals surface area contributed by atoms with Gasteiger partial charge in [0.25, 0.3) is 0 Å². The molecule has 1 aliphatic rings. The van der Waals surface area contributed by atoms with Crippen molar-refractivity contribution in [2.24, 2.45) is 17.8 Å². The molecule has 0 spiro atoms. The Morgan fingerprint density at radius 2 is 0.949 bits per heavy atom. The average Bonchev–Trinajstić information content (AvgIpc) is 3.31. The third-order valence-corrected chi connectivity index (χ3v) is 9.82. The van der Waals surface area contributed by atoms with Gasteiger partial charge in [0.05, 0.1) is 34.6 Å². The Bertz CT molecular complexity index is 1800. The lowest BCUT2D eigenvalue weighted by Crippen LogP contribution is -2.25. The van der Waals surface area contributed by atoms with Crippen LogP contribution in [0.4, 0.5) is 0 Å². The molecule has 10 nitrogen and oxygen atoms in total. The Labute approximate surface area is 351 Å². The number of carbonyl (C=O) groups excluding carboxylic acids is 3. The summed E-state index contributed by atoms with van der Waals surface area (Å²) < 4.78 is 16.8. The van der Waals surface area contributed by atoms with E-state index in [1.54, 1.807) is 24.8 Å². The van der Waals surface area contributed by atoms with E-state index in [-0.39, 0.29) is 35.8 Å². The predicted octanol–water partition coefficient (Wildman–Crippen LogP) is 11.2. The lowest BCUT2D eigenvalue weighted by Gasteiger charge is -2.30. The van der Waals surface area contributed by atoms with Gasteiger partial charge in [0.2, 0.25) is 0 Å². The molecule has 4 unspecified atom stereocenters. The zero-order chi connectivity index (χ0) is 42.8. The Morgan fingerprint density at radius 3 is 1.36 bits per heavy atom. The van der Waals surface area contributed by atoms with Crippen molar-refractivity contribution in [2.75, 3.05) is 0 Å². The molecule has 4 aromatic heterocycles. The normalized spacial score (nSPS) is 14.2. The smallest absolute Gasteiger partial charge is 0.309 e. The summed E-state index contributed by atoms with van der Waals surface area (Å²) in [6.07, 6.45) is 13.3. The number of nitrogens with zero attached hydrogens (tertiary/aromatic N) is 4. The minimum atomic E-state index is -0.557. The molecular formula is C49H62N4O6. The zero-order valence-corrected chi connectivity index (χ0v) is 35.8. The first-order valence-electron chi connectivity index (χ1n) is 21.0. The number of hydrogen-bond donors (Lipinski definition) is 0. The van der Waals surface area contributed by atoms with Crippen molar-refractivity contribution in [1.29, 1.82) is 0 Å². The number of aromatic nitrogens is 4. The Hall–Kier alpha value is -5.77. The summed E-state index contributed by atoms with van der Waals surface area (Å²) >= 11 is 0. The van der Waals surface area contributed by atoms with Gasteiger partial charge in [-0.2, -0.15) is 0 Å². The van der Waals surface area contributed by atoms with E-state index in [0.29, 0.717) is 17.3 Å². The largest absolute Gasteiger partial charge is 0.455 e. The van der Waals surface area contributed by atoms with Gasteiger partial charge in [-0.3, -0.25) is 34.3 Å². The number of ether oxygens (including phenoxy) is 3. The molecule has 0 aliphatic heterocycles. The van der Waals surface area contributed by atoms with Crippen LogP contribution in [0, 0.1) is 17.8 Å². The molecule has 1 fully saturated rings. The lowest BCUT2D eigenvalue weighted by atomic mass is 9.84. The molecule has 0 radical (unpaired) electrons. The predicted molar refractivity (Wildman–Crippen MR) is 231 cm³/mol. The van der Waals surface area contributed by atoms with Crippen LogP contribution in [0.3, 0.4) is 0 Å². The Balaban J connectivity index is 0.000000232. The van der Waals surface area contributed by atoms with E-state index < -0.39 is 12.2 Å². The molecule has 6 rings (SSSR count). The van der Waals surface area contributed by atoms with Gasteiger partial charge in [-0.1, -0.05) is 115 Å². The molecule has 0 amide bonds. The van der Waals surface area contributed by atoms with Gasteiger partial charge in [-0.15, -0.1) is 0 Å². The fourth-order valence-corrected chi connectivity index (χ4v) is 6.14. The summed E-state index contributed by atoms with van der Waals surface area (Å²) in [5, 5.41) is 0. The fraction of sp³-hybridized carbons (Fsp3) is 0.408. The van der Waals surface area contributed by atoms with E-state index >= 15 is 0 Å². The maximum atomic E-state index is 12.2. The first-order valence-corrected chi connectivity index (χ1v) is 21.0. The van der Waals surface area contributed by atoms with Crippen LogP contribution >= 0.6 is 0 Å². The molecule has 4 atom stereocenters. The van der Waals surface area contributed by atoms with Gasteiger partial charge in [-0.05, 0) is 79.8 Å². The zero-order valence-electron chi connectivity index (χ0n) is 35.8. The minimum Gasteiger partial charge on any atom is -0.455 e. The van der Waals surface area contributed by atoms with E-state index in [1.165, 1.54) is 26.2 Å². The molecule has 1 aliphatic carbocycles. The molecule has 4 heterocycles. The number of rotatable bonds is 13. The quantitative estimate of drug-likeness (QED) is 0.0837. The van der Waals surface area contributed by atoms with Gasteiger partial charge in [0, 0.05) is 37.6 Å². The highest BCUT2D eigenvalue weighted by Crippen LogP contribution is 2.37. The lowest BCUT2D eigenvalue weighted by molar-refractivity contribution is -0.158. The van der Waals surface area contributed by atoms with Gasteiger partial charge in [0.1, 0.15) is 6.10 Å². The Kier molecular flexibility index (Phi) is 21.8. The van der Waals surface area contributed by atoms with Gasteiger partial charge >= 0.3 is 17.9 Å². The van der Waals surface area contributed by atoms with Crippen LogP contribution in [0.2, 0.25) is 0 Å². The van der Waals surface area contributed by atoms with Crippen molar-refractivity contribution in [1.82, 2.24) is 19.9 Å². The number of hydrogen-bond acceptors (Lipinski definition) is 10. The van der Waals surface area contributed by atoms with Crippen molar-refractivity contribution >= 4 is 17.9 Å². The van der Waals surface area contributed by atoms with Crippen LogP contribution < -0.4 is 0 Å². The van der Waals surface area contributed by atoms with E-state index in [0.717, 1.165) is 42.6 Å². The highest BCUT2D eigenvalue weighted by atomic mass is 16.6. The van der Waals surface area contributed by atoms with Gasteiger partial charge < -0.3 is 14.2 Å². The first-order chi connectivity index (χ1) is 28.7. The molecule has 5 aromatic rings. The molecule has 10 heteroatoms. The highest BCUT2D eigenvalue weighted by molar-refractivity contribution is 5.72. The third-order valence-electron chi connectivity index (χ3n) is 9.82. The highest BCUT2D eigenvalue weighted by Gasteiger charge is 2.30. The molecule has 1 saturated carbocycles. The topological polar surface area (TPSA) is 130 Å². The second-order valence-electron chi connectivity index (χ2n) is 14.1. The van der Waals surface area contributed by atoms with Crippen molar-refractivity contribution in [3.63, 3.8) is 0 Å². The number of benzene rings is 1.